The average molecular weight is 395 g/mol. The Morgan fingerprint density at radius 2 is 1.86 bits per heavy atom. The van der Waals surface area contributed by atoms with E-state index in [4.69, 9.17) is 9.15 Å². The molecule has 0 bridgehead atoms. The number of aryl methyl sites for hydroxylation is 1. The lowest BCUT2D eigenvalue weighted by molar-refractivity contribution is -0.116. The van der Waals surface area contributed by atoms with Gasteiger partial charge in [-0.25, -0.2) is 9.37 Å². The smallest absolute Gasteiger partial charge is 0.224 e. The van der Waals surface area contributed by atoms with Crippen LogP contribution < -0.4 is 10.2 Å². The highest BCUT2D eigenvalue weighted by Gasteiger charge is 2.16. The van der Waals surface area contributed by atoms with Crippen LogP contribution in [0.5, 0.6) is 0 Å². The third kappa shape index (κ3) is 4.81. The fourth-order valence-corrected chi connectivity index (χ4v) is 3.27. The van der Waals surface area contributed by atoms with Gasteiger partial charge in [0.05, 0.1) is 30.8 Å². The molecule has 1 aliphatic rings. The number of hydrogen-bond acceptors (Lipinski definition) is 5. The summed E-state index contributed by atoms with van der Waals surface area (Å²) in [5, 5.41) is 2.99. The quantitative estimate of drug-likeness (QED) is 0.686. The van der Waals surface area contributed by atoms with Crippen LogP contribution in [-0.2, 0) is 16.0 Å². The molecule has 0 saturated carbocycles. The van der Waals surface area contributed by atoms with E-state index in [1.54, 1.807) is 18.3 Å². The summed E-state index contributed by atoms with van der Waals surface area (Å²) in [6.07, 6.45) is 2.22. The first-order chi connectivity index (χ1) is 14.2. The van der Waals surface area contributed by atoms with Crippen LogP contribution in [0.4, 0.5) is 15.8 Å². The highest BCUT2D eigenvalue weighted by atomic mass is 19.1. The largest absolute Gasteiger partial charge is 0.441 e. The third-order valence-corrected chi connectivity index (χ3v) is 4.78. The number of nitrogens with one attached hydrogen (secondary N) is 1. The molecule has 2 heterocycles. The number of oxazole rings is 1. The van der Waals surface area contributed by atoms with Gasteiger partial charge in [0.25, 0.3) is 0 Å². The summed E-state index contributed by atoms with van der Waals surface area (Å²) in [7, 11) is 0. The van der Waals surface area contributed by atoms with Crippen molar-refractivity contribution in [3.8, 4) is 11.3 Å². The molecular weight excluding hydrogens is 373 g/mol. The fourth-order valence-electron chi connectivity index (χ4n) is 3.27. The molecule has 1 saturated heterocycles. The van der Waals surface area contributed by atoms with Gasteiger partial charge in [0.15, 0.2) is 11.7 Å². The number of halogens is 1. The van der Waals surface area contributed by atoms with Crippen LogP contribution >= 0.6 is 0 Å². The van der Waals surface area contributed by atoms with Crippen LogP contribution in [0.1, 0.15) is 12.3 Å². The van der Waals surface area contributed by atoms with E-state index in [0.29, 0.717) is 31.3 Å². The van der Waals surface area contributed by atoms with E-state index in [0.717, 1.165) is 30.0 Å². The van der Waals surface area contributed by atoms with Crippen LogP contribution in [0.25, 0.3) is 11.3 Å². The predicted molar refractivity (Wildman–Crippen MR) is 108 cm³/mol. The van der Waals surface area contributed by atoms with Crippen LogP contribution in [0.3, 0.4) is 0 Å². The molecule has 150 valence electrons. The van der Waals surface area contributed by atoms with E-state index < -0.39 is 0 Å². The first kappa shape index (κ1) is 19.1. The van der Waals surface area contributed by atoms with Gasteiger partial charge in [-0.2, -0.15) is 0 Å². The minimum atomic E-state index is -0.303. The number of carbonyl (C=O) groups excluding carboxylic acids is 1. The molecule has 1 aliphatic heterocycles. The summed E-state index contributed by atoms with van der Waals surface area (Å²) in [5.41, 5.74) is 2.53. The number of amides is 1. The maximum Gasteiger partial charge on any atom is 0.224 e. The molecule has 29 heavy (non-hydrogen) atoms. The van der Waals surface area contributed by atoms with E-state index in [9.17, 15) is 9.18 Å². The summed E-state index contributed by atoms with van der Waals surface area (Å²) < 4.78 is 24.1. The number of rotatable bonds is 6. The Kier molecular flexibility index (Phi) is 5.86. The second-order valence-electron chi connectivity index (χ2n) is 6.79. The molecule has 6 nitrogen and oxygen atoms in total. The van der Waals surface area contributed by atoms with Crippen molar-refractivity contribution in [1.29, 1.82) is 0 Å². The Bertz CT molecular complexity index is 965. The number of aromatic nitrogens is 1. The van der Waals surface area contributed by atoms with Crippen LogP contribution in [0, 0.1) is 5.82 Å². The van der Waals surface area contributed by atoms with E-state index in [2.05, 4.69) is 15.2 Å². The molecule has 0 radical (unpaired) electrons. The molecule has 1 aromatic heterocycles. The molecule has 4 rings (SSSR count). The van der Waals surface area contributed by atoms with Gasteiger partial charge < -0.3 is 19.4 Å². The molecule has 3 aromatic rings. The molecule has 0 aliphatic carbocycles. The average Bonchev–Trinajstić information content (AvgIpc) is 3.23. The highest BCUT2D eigenvalue weighted by Crippen LogP contribution is 2.27. The summed E-state index contributed by atoms with van der Waals surface area (Å²) in [4.78, 5) is 18.9. The third-order valence-electron chi connectivity index (χ3n) is 4.78. The first-order valence-electron chi connectivity index (χ1n) is 9.61. The van der Waals surface area contributed by atoms with Crippen molar-refractivity contribution in [1.82, 2.24) is 4.98 Å². The number of hydrogen-bond donors (Lipinski definition) is 1. The monoisotopic (exact) mass is 395 g/mol. The van der Waals surface area contributed by atoms with E-state index in [1.165, 1.54) is 12.1 Å². The molecule has 0 spiro atoms. The van der Waals surface area contributed by atoms with Crippen molar-refractivity contribution in [2.45, 2.75) is 12.8 Å². The Morgan fingerprint density at radius 1 is 1.10 bits per heavy atom. The summed E-state index contributed by atoms with van der Waals surface area (Å²) in [6.45, 7) is 2.97. The van der Waals surface area contributed by atoms with Crippen molar-refractivity contribution in [3.05, 3.63) is 66.4 Å². The fraction of sp³-hybridized carbons (Fsp3) is 0.273. The van der Waals surface area contributed by atoms with Gasteiger partial charge >= 0.3 is 0 Å². The predicted octanol–water partition coefficient (Wildman–Crippen LogP) is 3.89. The van der Waals surface area contributed by atoms with Crippen molar-refractivity contribution < 1.29 is 18.3 Å². The Hall–Kier alpha value is -3.19. The zero-order chi connectivity index (χ0) is 20.1. The maximum absolute atomic E-state index is 13.0. The normalized spacial score (nSPS) is 14.0. The Morgan fingerprint density at radius 3 is 2.66 bits per heavy atom. The number of anilines is 2. The second kappa shape index (κ2) is 8.87. The molecule has 0 unspecified atom stereocenters. The molecule has 2 aromatic carbocycles. The number of carbonyl (C=O) groups is 1. The molecule has 7 heteroatoms. The number of para-hydroxylation sites is 2. The molecule has 1 N–H and O–H groups in total. The van der Waals surface area contributed by atoms with Crippen molar-refractivity contribution in [3.63, 3.8) is 0 Å². The van der Waals surface area contributed by atoms with Crippen LogP contribution in [-0.4, -0.2) is 37.2 Å². The first-order valence-corrected chi connectivity index (χ1v) is 9.61. The lowest BCUT2D eigenvalue weighted by Crippen LogP contribution is -2.36. The molecular formula is C22H22FN3O3. The number of benzene rings is 2. The Labute approximate surface area is 168 Å². The van der Waals surface area contributed by atoms with Gasteiger partial charge in [-0.3, -0.25) is 4.79 Å². The lowest BCUT2D eigenvalue weighted by atomic mass is 10.2. The van der Waals surface area contributed by atoms with E-state index >= 15 is 0 Å². The summed E-state index contributed by atoms with van der Waals surface area (Å²) >= 11 is 0. The zero-order valence-corrected chi connectivity index (χ0v) is 15.9. The molecule has 0 atom stereocenters. The van der Waals surface area contributed by atoms with Gasteiger partial charge in [0.2, 0.25) is 5.91 Å². The van der Waals surface area contributed by atoms with E-state index in [-0.39, 0.29) is 18.1 Å². The van der Waals surface area contributed by atoms with Crippen LogP contribution in [0.2, 0.25) is 0 Å². The number of ether oxygens (including phenoxy) is 1. The second-order valence-corrected chi connectivity index (χ2v) is 6.79. The van der Waals surface area contributed by atoms with Gasteiger partial charge in [0, 0.05) is 31.5 Å². The van der Waals surface area contributed by atoms with Crippen LogP contribution in [0.15, 0.2) is 59.1 Å². The van der Waals surface area contributed by atoms with Gasteiger partial charge in [0.1, 0.15) is 5.82 Å². The van der Waals surface area contributed by atoms with Crippen molar-refractivity contribution in [2.24, 2.45) is 0 Å². The Balaban J connectivity index is 1.36. The topological polar surface area (TPSA) is 67.6 Å². The van der Waals surface area contributed by atoms with Gasteiger partial charge in [-0.15, -0.1) is 0 Å². The highest BCUT2D eigenvalue weighted by molar-refractivity contribution is 5.94. The minimum absolute atomic E-state index is 0.104. The maximum atomic E-state index is 13.0. The zero-order valence-electron chi connectivity index (χ0n) is 15.9. The molecule has 1 amide bonds. The van der Waals surface area contributed by atoms with Gasteiger partial charge in [-0.05, 0) is 36.4 Å². The van der Waals surface area contributed by atoms with Crippen molar-refractivity contribution >= 4 is 17.3 Å². The SMILES string of the molecule is O=C(CCc1ncc(-c2ccc(F)cc2)o1)Nc1ccccc1N1CCOCC1. The number of morpholine rings is 1. The standard InChI is InChI=1S/C22H22FN3O3/c23-17-7-5-16(6-8-17)20-15-24-22(29-20)10-9-21(27)25-18-3-1-2-4-19(18)26-11-13-28-14-12-26/h1-8,15H,9-14H2,(H,25,27). The van der Waals surface area contributed by atoms with Gasteiger partial charge in [-0.1, -0.05) is 12.1 Å². The minimum Gasteiger partial charge on any atom is -0.441 e. The molecule has 1 fully saturated rings. The summed E-state index contributed by atoms with van der Waals surface area (Å²) in [6, 6.07) is 13.8. The number of nitrogens with zero attached hydrogens (tertiary/aromatic N) is 2. The summed E-state index contributed by atoms with van der Waals surface area (Å²) in [5.74, 6) is 0.619. The lowest BCUT2D eigenvalue weighted by Gasteiger charge is -2.30. The van der Waals surface area contributed by atoms with Crippen molar-refractivity contribution in [2.75, 3.05) is 36.5 Å². The van der Waals surface area contributed by atoms with E-state index in [1.807, 2.05) is 24.3 Å².